The molecular weight excluding hydrogens is 346 g/mol. The predicted molar refractivity (Wildman–Crippen MR) is 114 cm³/mol. The molecule has 5 heteroatoms. The SMILES string of the molecule is C=C(NCCc1ccccn1)c1cccc(C(=C)NCCc2ccccn2)n1. The zero-order valence-corrected chi connectivity index (χ0v) is 15.9. The molecule has 0 saturated heterocycles. The van der Waals surface area contributed by atoms with Crippen LogP contribution in [-0.4, -0.2) is 28.0 Å². The summed E-state index contributed by atoms with van der Waals surface area (Å²) in [5.41, 5.74) is 5.31. The van der Waals surface area contributed by atoms with Gasteiger partial charge in [-0.05, 0) is 36.4 Å². The van der Waals surface area contributed by atoms with Gasteiger partial charge in [-0.3, -0.25) is 9.97 Å². The molecule has 3 heterocycles. The summed E-state index contributed by atoms with van der Waals surface area (Å²) in [6.07, 6.45) is 5.28. The minimum atomic E-state index is 0.755. The summed E-state index contributed by atoms with van der Waals surface area (Å²) in [5.74, 6) is 0. The fraction of sp³-hybridized carbons (Fsp3) is 0.174. The van der Waals surface area contributed by atoms with Crippen molar-refractivity contribution in [2.24, 2.45) is 0 Å². The Balaban J connectivity index is 1.49. The Morgan fingerprint density at radius 2 is 1.18 bits per heavy atom. The summed E-state index contributed by atoms with van der Waals surface area (Å²) in [6, 6.07) is 17.7. The molecule has 0 aliphatic heterocycles. The fourth-order valence-electron chi connectivity index (χ4n) is 2.73. The fourth-order valence-corrected chi connectivity index (χ4v) is 2.73. The first kappa shape index (κ1) is 19.3. The van der Waals surface area contributed by atoms with Gasteiger partial charge in [-0.1, -0.05) is 31.4 Å². The zero-order valence-electron chi connectivity index (χ0n) is 15.9. The minimum Gasteiger partial charge on any atom is -0.383 e. The van der Waals surface area contributed by atoms with E-state index >= 15 is 0 Å². The van der Waals surface area contributed by atoms with E-state index in [2.05, 4.69) is 38.7 Å². The Morgan fingerprint density at radius 1 is 0.679 bits per heavy atom. The van der Waals surface area contributed by atoms with Gasteiger partial charge in [0, 0.05) is 49.7 Å². The molecule has 0 aromatic carbocycles. The Hall–Kier alpha value is -3.47. The van der Waals surface area contributed by atoms with Gasteiger partial charge >= 0.3 is 0 Å². The van der Waals surface area contributed by atoms with Gasteiger partial charge in [0.15, 0.2) is 0 Å². The third-order valence-electron chi connectivity index (χ3n) is 4.26. The quantitative estimate of drug-likeness (QED) is 0.571. The standard InChI is InChI=1S/C23H25N5/c1-18(24-16-12-20-8-3-5-14-26-20)22-10-7-11-23(28-22)19(2)25-17-13-21-9-4-6-15-27-21/h3-11,14-15,24-25H,1-2,12-13,16-17H2. The van der Waals surface area contributed by atoms with E-state index in [1.165, 1.54) is 0 Å². The van der Waals surface area contributed by atoms with Gasteiger partial charge in [0.2, 0.25) is 0 Å². The normalized spacial score (nSPS) is 10.3. The number of hydrogen-bond acceptors (Lipinski definition) is 5. The van der Waals surface area contributed by atoms with Gasteiger partial charge in [0.25, 0.3) is 0 Å². The second-order valence-electron chi connectivity index (χ2n) is 6.36. The Labute approximate surface area is 166 Å². The third kappa shape index (κ3) is 5.77. The van der Waals surface area contributed by atoms with Crippen molar-refractivity contribution in [2.75, 3.05) is 13.1 Å². The van der Waals surface area contributed by atoms with Crippen molar-refractivity contribution in [3.8, 4) is 0 Å². The second-order valence-corrected chi connectivity index (χ2v) is 6.36. The molecular formula is C23H25N5. The van der Waals surface area contributed by atoms with Crippen LogP contribution in [0.1, 0.15) is 22.8 Å². The summed E-state index contributed by atoms with van der Waals surface area (Å²) in [5, 5.41) is 6.65. The first-order valence-electron chi connectivity index (χ1n) is 9.35. The van der Waals surface area contributed by atoms with E-state index in [0.29, 0.717) is 0 Å². The maximum atomic E-state index is 4.67. The van der Waals surface area contributed by atoms with Crippen molar-refractivity contribution in [2.45, 2.75) is 12.8 Å². The van der Waals surface area contributed by atoms with Crippen molar-refractivity contribution in [3.63, 3.8) is 0 Å². The van der Waals surface area contributed by atoms with E-state index in [0.717, 1.165) is 60.1 Å². The predicted octanol–water partition coefficient (Wildman–Crippen LogP) is 3.48. The maximum absolute atomic E-state index is 4.67. The molecule has 0 spiro atoms. The van der Waals surface area contributed by atoms with Gasteiger partial charge in [-0.15, -0.1) is 0 Å². The molecule has 5 nitrogen and oxygen atoms in total. The van der Waals surface area contributed by atoms with Gasteiger partial charge in [0.05, 0.1) is 22.8 Å². The Bertz CT molecular complexity index is 834. The van der Waals surface area contributed by atoms with Crippen molar-refractivity contribution < 1.29 is 0 Å². The van der Waals surface area contributed by atoms with Crippen molar-refractivity contribution >= 4 is 11.4 Å². The summed E-state index contributed by atoms with van der Waals surface area (Å²) >= 11 is 0. The van der Waals surface area contributed by atoms with Gasteiger partial charge < -0.3 is 10.6 Å². The van der Waals surface area contributed by atoms with Gasteiger partial charge in [-0.2, -0.15) is 0 Å². The van der Waals surface area contributed by atoms with E-state index < -0.39 is 0 Å². The highest BCUT2D eigenvalue weighted by Gasteiger charge is 2.05. The largest absolute Gasteiger partial charge is 0.383 e. The van der Waals surface area contributed by atoms with Gasteiger partial charge in [-0.25, -0.2) is 4.98 Å². The lowest BCUT2D eigenvalue weighted by Gasteiger charge is -2.12. The molecule has 3 rings (SSSR count). The van der Waals surface area contributed by atoms with E-state index in [-0.39, 0.29) is 0 Å². The van der Waals surface area contributed by atoms with Crippen LogP contribution >= 0.6 is 0 Å². The Kier molecular flexibility index (Phi) is 6.90. The van der Waals surface area contributed by atoms with Crippen LogP contribution in [0.2, 0.25) is 0 Å². The van der Waals surface area contributed by atoms with Crippen molar-refractivity contribution in [1.29, 1.82) is 0 Å². The average Bonchev–Trinajstić information content (AvgIpc) is 2.75. The summed E-state index contributed by atoms with van der Waals surface area (Å²) in [4.78, 5) is 13.3. The van der Waals surface area contributed by atoms with Crippen LogP contribution in [0.5, 0.6) is 0 Å². The maximum Gasteiger partial charge on any atom is 0.0863 e. The molecule has 3 aromatic heterocycles. The number of hydrogen-bond donors (Lipinski definition) is 2. The summed E-state index contributed by atoms with van der Waals surface area (Å²) in [7, 11) is 0. The first-order chi connectivity index (χ1) is 13.7. The average molecular weight is 371 g/mol. The van der Waals surface area contributed by atoms with Crippen molar-refractivity contribution in [1.82, 2.24) is 25.6 Å². The van der Waals surface area contributed by atoms with Gasteiger partial charge in [0.1, 0.15) is 0 Å². The molecule has 142 valence electrons. The van der Waals surface area contributed by atoms with E-state index in [9.17, 15) is 0 Å². The molecule has 0 unspecified atom stereocenters. The number of aromatic nitrogens is 3. The van der Waals surface area contributed by atoms with Crippen LogP contribution in [0.15, 0.2) is 80.1 Å². The molecule has 0 fully saturated rings. The molecule has 28 heavy (non-hydrogen) atoms. The topological polar surface area (TPSA) is 62.7 Å². The van der Waals surface area contributed by atoms with Crippen LogP contribution in [-0.2, 0) is 12.8 Å². The van der Waals surface area contributed by atoms with Crippen LogP contribution in [0, 0.1) is 0 Å². The highest BCUT2D eigenvalue weighted by Crippen LogP contribution is 2.12. The molecule has 0 aliphatic rings. The lowest BCUT2D eigenvalue weighted by molar-refractivity contribution is 0.818. The Morgan fingerprint density at radius 3 is 1.61 bits per heavy atom. The second kappa shape index (κ2) is 10.0. The number of nitrogens with zero attached hydrogens (tertiary/aromatic N) is 3. The minimum absolute atomic E-state index is 0.755. The first-order valence-corrected chi connectivity index (χ1v) is 9.35. The summed E-state index contributed by atoms with van der Waals surface area (Å²) in [6.45, 7) is 9.72. The highest BCUT2D eigenvalue weighted by atomic mass is 14.9. The van der Waals surface area contributed by atoms with Crippen LogP contribution in [0.3, 0.4) is 0 Å². The molecule has 0 radical (unpaired) electrons. The van der Waals surface area contributed by atoms with Crippen molar-refractivity contribution in [3.05, 3.63) is 103 Å². The molecule has 0 atom stereocenters. The van der Waals surface area contributed by atoms with E-state index in [1.54, 1.807) is 0 Å². The molecule has 2 N–H and O–H groups in total. The lowest BCUT2D eigenvalue weighted by atomic mass is 10.2. The molecule has 0 aliphatic carbocycles. The highest BCUT2D eigenvalue weighted by molar-refractivity contribution is 5.63. The van der Waals surface area contributed by atoms with Crippen LogP contribution in [0.25, 0.3) is 11.4 Å². The lowest BCUT2D eigenvalue weighted by Crippen LogP contribution is -2.18. The van der Waals surface area contributed by atoms with Crippen LogP contribution in [0.4, 0.5) is 0 Å². The van der Waals surface area contributed by atoms with E-state index in [1.807, 2.05) is 67.0 Å². The summed E-state index contributed by atoms with van der Waals surface area (Å²) < 4.78 is 0. The van der Waals surface area contributed by atoms with Crippen LogP contribution < -0.4 is 10.6 Å². The number of pyridine rings is 3. The molecule has 0 bridgehead atoms. The zero-order chi connectivity index (χ0) is 19.6. The molecule has 0 amide bonds. The number of rotatable bonds is 10. The van der Waals surface area contributed by atoms with E-state index in [4.69, 9.17) is 0 Å². The number of nitrogens with one attached hydrogen (secondary N) is 2. The molecule has 0 saturated carbocycles. The third-order valence-corrected chi connectivity index (χ3v) is 4.26. The monoisotopic (exact) mass is 371 g/mol. The smallest absolute Gasteiger partial charge is 0.0863 e. The molecule has 3 aromatic rings.